The summed E-state index contributed by atoms with van der Waals surface area (Å²) in [6.07, 6.45) is 1.20. The molecule has 1 unspecified atom stereocenters. The highest BCUT2D eigenvalue weighted by Crippen LogP contribution is 2.36. The molecule has 6 nitrogen and oxygen atoms in total. The Balaban J connectivity index is 2.22. The molecule has 1 aromatic heterocycles. The molecular weight excluding hydrogens is 258 g/mol. The zero-order valence-electron chi connectivity index (χ0n) is 12.8. The van der Waals surface area contributed by atoms with E-state index in [1.165, 1.54) is 0 Å². The molecule has 1 aliphatic rings. The van der Waals surface area contributed by atoms with Crippen LogP contribution in [0.1, 0.15) is 58.4 Å². The van der Waals surface area contributed by atoms with Crippen LogP contribution in [-0.4, -0.2) is 30.0 Å². The maximum Gasteiger partial charge on any atom is 0.247 e. The molecule has 2 heterocycles. The Labute approximate surface area is 120 Å². The number of aromatic nitrogens is 2. The predicted molar refractivity (Wildman–Crippen MR) is 74.0 cm³/mol. The molecule has 0 radical (unpaired) electrons. The topological polar surface area (TPSA) is 83.4 Å². The second kappa shape index (κ2) is 5.79. The van der Waals surface area contributed by atoms with Crippen LogP contribution in [0.5, 0.6) is 0 Å². The van der Waals surface area contributed by atoms with Crippen molar-refractivity contribution in [3.63, 3.8) is 0 Å². The Bertz CT molecular complexity index is 433. The van der Waals surface area contributed by atoms with E-state index in [0.29, 0.717) is 44.4 Å². The lowest BCUT2D eigenvalue weighted by atomic mass is 9.88. The first-order valence-corrected chi connectivity index (χ1v) is 7.19. The summed E-state index contributed by atoms with van der Waals surface area (Å²) in [4.78, 5) is 4.51. The summed E-state index contributed by atoms with van der Waals surface area (Å²) in [7, 11) is 0. The fourth-order valence-electron chi connectivity index (χ4n) is 2.37. The molecule has 1 aliphatic heterocycles. The predicted octanol–water partition coefficient (Wildman–Crippen LogP) is 2.16. The first kappa shape index (κ1) is 15.4. The number of hydrogen-bond donors (Lipinski definition) is 1. The number of rotatable bonds is 4. The molecule has 2 rings (SSSR count). The smallest absolute Gasteiger partial charge is 0.247 e. The monoisotopic (exact) mass is 283 g/mol. The molecule has 0 aliphatic carbocycles. The molecule has 20 heavy (non-hydrogen) atoms. The van der Waals surface area contributed by atoms with E-state index in [4.69, 9.17) is 19.7 Å². The standard InChI is InChI=1S/C14H25N3O3/c1-5-19-10(13(2,3)4)11-16-12(20-17-11)14(15)6-8-18-9-7-14/h10H,5-9,15H2,1-4H3. The Morgan fingerprint density at radius 1 is 1.35 bits per heavy atom. The third-order valence-electron chi connectivity index (χ3n) is 3.61. The maximum atomic E-state index is 6.36. The van der Waals surface area contributed by atoms with Gasteiger partial charge >= 0.3 is 0 Å². The van der Waals surface area contributed by atoms with Gasteiger partial charge in [-0.25, -0.2) is 0 Å². The second-order valence-electron chi connectivity index (χ2n) is 6.43. The molecule has 0 amide bonds. The molecule has 1 saturated heterocycles. The summed E-state index contributed by atoms with van der Waals surface area (Å²) >= 11 is 0. The van der Waals surface area contributed by atoms with E-state index in [9.17, 15) is 0 Å². The van der Waals surface area contributed by atoms with Gasteiger partial charge in [0.2, 0.25) is 11.7 Å². The van der Waals surface area contributed by atoms with Crippen LogP contribution < -0.4 is 5.73 Å². The van der Waals surface area contributed by atoms with Crippen molar-refractivity contribution in [2.45, 2.75) is 52.2 Å². The highest BCUT2D eigenvalue weighted by molar-refractivity contribution is 5.06. The van der Waals surface area contributed by atoms with E-state index in [1.54, 1.807) is 0 Å². The van der Waals surface area contributed by atoms with Crippen LogP contribution >= 0.6 is 0 Å². The Kier molecular flexibility index (Phi) is 4.46. The largest absolute Gasteiger partial charge is 0.381 e. The highest BCUT2D eigenvalue weighted by Gasteiger charge is 2.38. The average molecular weight is 283 g/mol. The van der Waals surface area contributed by atoms with Crippen LogP contribution in [-0.2, 0) is 15.0 Å². The van der Waals surface area contributed by atoms with Gasteiger partial charge < -0.3 is 19.7 Å². The van der Waals surface area contributed by atoms with Crippen molar-refractivity contribution in [1.29, 1.82) is 0 Å². The van der Waals surface area contributed by atoms with E-state index < -0.39 is 5.54 Å². The van der Waals surface area contributed by atoms with Crippen molar-refractivity contribution >= 4 is 0 Å². The van der Waals surface area contributed by atoms with Crippen LogP contribution in [0.4, 0.5) is 0 Å². The third kappa shape index (κ3) is 3.19. The van der Waals surface area contributed by atoms with Crippen LogP contribution in [0.25, 0.3) is 0 Å². The first-order chi connectivity index (χ1) is 9.37. The van der Waals surface area contributed by atoms with Gasteiger partial charge in [0, 0.05) is 19.8 Å². The van der Waals surface area contributed by atoms with Crippen LogP contribution in [0, 0.1) is 5.41 Å². The number of nitrogens with zero attached hydrogens (tertiary/aromatic N) is 2. The maximum absolute atomic E-state index is 6.36. The zero-order valence-corrected chi connectivity index (χ0v) is 12.8. The lowest BCUT2D eigenvalue weighted by Crippen LogP contribution is -2.42. The molecule has 1 atom stereocenters. The van der Waals surface area contributed by atoms with Gasteiger partial charge in [0.15, 0.2) is 0 Å². The minimum atomic E-state index is -0.571. The fraction of sp³-hybridized carbons (Fsp3) is 0.857. The Morgan fingerprint density at radius 3 is 2.55 bits per heavy atom. The molecule has 114 valence electrons. The molecule has 0 aromatic carbocycles. The van der Waals surface area contributed by atoms with E-state index in [2.05, 4.69) is 30.9 Å². The molecule has 6 heteroatoms. The molecular formula is C14H25N3O3. The van der Waals surface area contributed by atoms with Crippen molar-refractivity contribution in [1.82, 2.24) is 10.1 Å². The minimum absolute atomic E-state index is 0.103. The summed E-state index contributed by atoms with van der Waals surface area (Å²) < 4.78 is 16.5. The van der Waals surface area contributed by atoms with Crippen molar-refractivity contribution in [2.75, 3.05) is 19.8 Å². The number of ether oxygens (including phenoxy) is 2. The van der Waals surface area contributed by atoms with Gasteiger partial charge in [0.1, 0.15) is 11.6 Å². The number of hydrogen-bond acceptors (Lipinski definition) is 6. The minimum Gasteiger partial charge on any atom is -0.381 e. The van der Waals surface area contributed by atoms with Gasteiger partial charge in [-0.15, -0.1) is 0 Å². The lowest BCUT2D eigenvalue weighted by Gasteiger charge is -2.29. The second-order valence-corrected chi connectivity index (χ2v) is 6.43. The van der Waals surface area contributed by atoms with Gasteiger partial charge in [-0.3, -0.25) is 0 Å². The van der Waals surface area contributed by atoms with Gasteiger partial charge in [-0.2, -0.15) is 4.98 Å². The summed E-state index contributed by atoms with van der Waals surface area (Å²) in [6.45, 7) is 10.1. The summed E-state index contributed by atoms with van der Waals surface area (Å²) in [5.74, 6) is 1.07. The number of nitrogens with two attached hydrogens (primary N) is 1. The van der Waals surface area contributed by atoms with E-state index >= 15 is 0 Å². The zero-order chi connectivity index (χ0) is 14.8. The average Bonchev–Trinajstić information content (AvgIpc) is 2.85. The summed E-state index contributed by atoms with van der Waals surface area (Å²) in [6, 6.07) is 0. The van der Waals surface area contributed by atoms with Crippen molar-refractivity contribution in [3.8, 4) is 0 Å². The van der Waals surface area contributed by atoms with Gasteiger partial charge in [0.05, 0.1) is 0 Å². The van der Waals surface area contributed by atoms with Crippen molar-refractivity contribution in [2.24, 2.45) is 11.1 Å². The third-order valence-corrected chi connectivity index (χ3v) is 3.61. The van der Waals surface area contributed by atoms with Gasteiger partial charge in [-0.05, 0) is 25.2 Å². The van der Waals surface area contributed by atoms with Gasteiger partial charge in [0.25, 0.3) is 0 Å². The highest BCUT2D eigenvalue weighted by atomic mass is 16.5. The van der Waals surface area contributed by atoms with E-state index in [0.717, 1.165) is 0 Å². The summed E-state index contributed by atoms with van der Waals surface area (Å²) in [5, 5.41) is 4.09. The fourth-order valence-corrected chi connectivity index (χ4v) is 2.37. The molecule has 1 aromatic rings. The quantitative estimate of drug-likeness (QED) is 0.911. The molecule has 0 bridgehead atoms. The summed E-state index contributed by atoms with van der Waals surface area (Å²) in [5.41, 5.74) is 5.69. The van der Waals surface area contributed by atoms with E-state index in [1.807, 2.05) is 6.92 Å². The van der Waals surface area contributed by atoms with Crippen LogP contribution in [0.2, 0.25) is 0 Å². The molecule has 0 spiro atoms. The lowest BCUT2D eigenvalue weighted by molar-refractivity contribution is -0.0203. The van der Waals surface area contributed by atoms with Crippen LogP contribution in [0.3, 0.4) is 0 Å². The Morgan fingerprint density at radius 2 is 2.00 bits per heavy atom. The molecule has 1 fully saturated rings. The molecule has 2 N–H and O–H groups in total. The van der Waals surface area contributed by atoms with Gasteiger partial charge in [-0.1, -0.05) is 25.9 Å². The van der Waals surface area contributed by atoms with E-state index in [-0.39, 0.29) is 11.5 Å². The SMILES string of the molecule is CCOC(c1noc(C2(N)CCOCC2)n1)C(C)(C)C. The normalized spacial score (nSPS) is 20.9. The molecule has 0 saturated carbocycles. The first-order valence-electron chi connectivity index (χ1n) is 7.19. The van der Waals surface area contributed by atoms with Crippen LogP contribution in [0.15, 0.2) is 4.52 Å². The van der Waals surface area contributed by atoms with Crippen molar-refractivity contribution < 1.29 is 14.0 Å². The Hall–Kier alpha value is -0.980. The van der Waals surface area contributed by atoms with Crippen molar-refractivity contribution in [3.05, 3.63) is 11.7 Å².